The summed E-state index contributed by atoms with van der Waals surface area (Å²) in [5.74, 6) is -0.192. The zero-order valence-electron chi connectivity index (χ0n) is 25.3. The SMILES string of the molecule is Cn1cc(-c2[nH]c3ncc4c5c3c2-c2ccc(cc2)CCCO[C@H]2C[C@H](CC[C@@]2(C)[NH2+]C(=O)C2CC2)n5c(=O)n4C)c(F)n1. The lowest BCUT2D eigenvalue weighted by molar-refractivity contribution is -0.660. The highest BCUT2D eigenvalue weighted by Crippen LogP contribution is 2.44. The average molecular weight is 599 g/mol. The highest BCUT2D eigenvalue weighted by molar-refractivity contribution is 6.14. The van der Waals surface area contributed by atoms with E-state index < -0.39 is 11.5 Å². The zero-order chi connectivity index (χ0) is 30.3. The van der Waals surface area contributed by atoms with Gasteiger partial charge in [-0.15, -0.1) is 5.10 Å². The number of ether oxygens (including phenoxy) is 1. The Morgan fingerprint density at radius 3 is 2.70 bits per heavy atom. The van der Waals surface area contributed by atoms with Crippen molar-refractivity contribution < 1.29 is 19.2 Å². The van der Waals surface area contributed by atoms with E-state index in [9.17, 15) is 9.59 Å². The molecule has 2 fully saturated rings. The van der Waals surface area contributed by atoms with Crippen LogP contribution in [-0.2, 0) is 30.0 Å². The third-order valence-corrected chi connectivity index (χ3v) is 10.2. The normalized spacial score (nSPS) is 23.8. The van der Waals surface area contributed by atoms with Gasteiger partial charge in [-0.05, 0) is 50.2 Å². The fraction of sp³-hybridized carbons (Fsp3) is 0.455. The number of quaternary nitrogens is 1. The molecule has 0 radical (unpaired) electrons. The van der Waals surface area contributed by atoms with Crippen LogP contribution in [-0.4, -0.2) is 53.0 Å². The van der Waals surface area contributed by atoms with Gasteiger partial charge in [0.05, 0.1) is 39.8 Å². The van der Waals surface area contributed by atoms with E-state index in [4.69, 9.17) is 9.72 Å². The molecule has 2 aliphatic heterocycles. The Morgan fingerprint density at radius 2 is 1.98 bits per heavy atom. The largest absolute Gasteiger partial charge is 0.372 e. The molecule has 4 bridgehead atoms. The number of aromatic amines is 1. The Bertz CT molecular complexity index is 2000. The van der Waals surface area contributed by atoms with Gasteiger partial charge < -0.3 is 9.72 Å². The van der Waals surface area contributed by atoms with E-state index in [1.807, 2.05) is 9.88 Å². The van der Waals surface area contributed by atoms with Crippen LogP contribution in [0.5, 0.6) is 0 Å². The molecule has 1 amide bonds. The average Bonchev–Trinajstić information content (AvgIpc) is 3.65. The number of imidazole rings is 1. The van der Waals surface area contributed by atoms with Gasteiger partial charge in [0.25, 0.3) is 0 Å². The predicted molar refractivity (Wildman–Crippen MR) is 163 cm³/mol. The maximum atomic E-state index is 15.2. The van der Waals surface area contributed by atoms with Crippen LogP contribution in [0.2, 0.25) is 0 Å². The van der Waals surface area contributed by atoms with E-state index in [2.05, 4.69) is 41.3 Å². The van der Waals surface area contributed by atoms with Crippen LogP contribution in [0.15, 0.2) is 41.5 Å². The third kappa shape index (κ3) is 4.28. The fourth-order valence-electron chi connectivity index (χ4n) is 7.52. The summed E-state index contributed by atoms with van der Waals surface area (Å²) in [4.78, 5) is 35.2. The molecule has 0 saturated heterocycles. The molecule has 1 aromatic carbocycles. The maximum Gasteiger partial charge on any atom is 0.329 e. The molecule has 0 unspecified atom stereocenters. The Morgan fingerprint density at radius 1 is 1.18 bits per heavy atom. The van der Waals surface area contributed by atoms with Gasteiger partial charge in [-0.3, -0.25) is 19.1 Å². The lowest BCUT2D eigenvalue weighted by Crippen LogP contribution is -3.02. The molecule has 0 spiro atoms. The van der Waals surface area contributed by atoms with Crippen molar-refractivity contribution in [3.8, 4) is 22.4 Å². The van der Waals surface area contributed by atoms with Crippen molar-refractivity contribution in [2.45, 2.75) is 69.6 Å². The molecule has 3 atom stereocenters. The second-order valence-electron chi connectivity index (χ2n) is 13.2. The highest BCUT2D eigenvalue weighted by Gasteiger charge is 2.49. The summed E-state index contributed by atoms with van der Waals surface area (Å²) in [7, 11) is 3.47. The minimum Gasteiger partial charge on any atom is -0.372 e. The zero-order valence-corrected chi connectivity index (χ0v) is 25.3. The first-order valence-corrected chi connectivity index (χ1v) is 15.6. The molecule has 228 valence electrons. The van der Waals surface area contributed by atoms with Crippen LogP contribution in [0.3, 0.4) is 0 Å². The number of carbonyl (C=O) groups is 1. The van der Waals surface area contributed by atoms with Gasteiger partial charge in [-0.1, -0.05) is 24.3 Å². The first-order valence-electron chi connectivity index (χ1n) is 15.6. The summed E-state index contributed by atoms with van der Waals surface area (Å²) in [6.45, 7) is 2.72. The summed E-state index contributed by atoms with van der Waals surface area (Å²) in [6, 6.07) is 8.19. The molecule has 10 nitrogen and oxygen atoms in total. The fourth-order valence-corrected chi connectivity index (χ4v) is 7.52. The number of nitrogens with two attached hydrogens (primary N) is 1. The van der Waals surface area contributed by atoms with Crippen LogP contribution < -0.4 is 11.0 Å². The Balaban J connectivity index is 1.37. The molecule has 2 aliphatic carbocycles. The first-order chi connectivity index (χ1) is 21.2. The number of nitrogens with one attached hydrogen (secondary N) is 1. The Hall–Kier alpha value is -4.09. The van der Waals surface area contributed by atoms with Crippen LogP contribution >= 0.6 is 0 Å². The van der Waals surface area contributed by atoms with Crippen molar-refractivity contribution in [2.75, 3.05) is 6.61 Å². The number of aryl methyl sites for hydroxylation is 3. The number of rotatable bonds is 3. The van der Waals surface area contributed by atoms with Gasteiger partial charge in [0.2, 0.25) is 5.95 Å². The highest BCUT2D eigenvalue weighted by atomic mass is 19.1. The molecule has 5 aromatic rings. The van der Waals surface area contributed by atoms with E-state index in [0.717, 1.165) is 60.6 Å². The number of H-pyrrole nitrogens is 1. The number of fused-ring (bicyclic) bond motifs is 5. The number of benzene rings is 1. The molecular weight excluding hydrogens is 561 g/mol. The number of aromatic nitrogens is 6. The maximum absolute atomic E-state index is 15.2. The van der Waals surface area contributed by atoms with Gasteiger partial charge in [-0.2, -0.15) is 4.39 Å². The third-order valence-electron chi connectivity index (χ3n) is 10.2. The van der Waals surface area contributed by atoms with Gasteiger partial charge in [0.1, 0.15) is 17.3 Å². The standard InChI is InChI=1S/C33H36FN7O3/c1-33(37-31(42)20-10-11-20)13-12-21-15-24(33)44-14-4-5-18-6-8-19(9-7-18)25-26-28-23(40(3)32(43)41(21)28)16-35-30(26)36-27(25)22-17-39(2)38-29(22)34/h6-9,16-17,20-21,24H,4-5,10-15H2,1-3H3,(H,35,36)(H,37,42)/p+1/t21-,24-,33+/m0/s1. The molecule has 4 aliphatic rings. The van der Waals surface area contributed by atoms with Crippen molar-refractivity contribution in [1.82, 2.24) is 28.9 Å². The summed E-state index contributed by atoms with van der Waals surface area (Å²) in [5.41, 5.74) is 5.34. The number of carbonyl (C=O) groups excluding carboxylic acids is 1. The number of hydrogen-bond acceptors (Lipinski definition) is 5. The molecule has 9 rings (SSSR count). The minimum absolute atomic E-state index is 0.124. The monoisotopic (exact) mass is 598 g/mol. The van der Waals surface area contributed by atoms with E-state index in [1.54, 1.807) is 31.1 Å². The number of amides is 1. The van der Waals surface area contributed by atoms with E-state index >= 15 is 4.39 Å². The molecule has 4 aromatic heterocycles. The van der Waals surface area contributed by atoms with Gasteiger partial charge >= 0.3 is 11.6 Å². The van der Waals surface area contributed by atoms with E-state index in [-0.39, 0.29) is 29.7 Å². The molecule has 2 saturated carbocycles. The van der Waals surface area contributed by atoms with Crippen molar-refractivity contribution in [3.63, 3.8) is 0 Å². The summed E-state index contributed by atoms with van der Waals surface area (Å²) < 4.78 is 26.9. The lowest BCUT2D eigenvalue weighted by Gasteiger charge is -2.41. The minimum atomic E-state index is -0.576. The van der Waals surface area contributed by atoms with Crippen molar-refractivity contribution in [2.24, 2.45) is 20.0 Å². The second kappa shape index (κ2) is 9.97. The Kier molecular flexibility index (Phi) is 6.22. The first kappa shape index (κ1) is 27.5. The molecule has 11 heteroatoms. The van der Waals surface area contributed by atoms with Crippen LogP contribution in [0, 0.1) is 11.9 Å². The van der Waals surface area contributed by atoms with Crippen molar-refractivity contribution in [1.29, 1.82) is 0 Å². The van der Waals surface area contributed by atoms with Crippen LogP contribution in [0.4, 0.5) is 4.39 Å². The molecule has 6 heterocycles. The predicted octanol–water partition coefficient (Wildman–Crippen LogP) is 3.74. The quantitative estimate of drug-likeness (QED) is 0.328. The van der Waals surface area contributed by atoms with Crippen LogP contribution in [0.1, 0.15) is 57.1 Å². The number of nitrogens with zero attached hydrogens (tertiary/aromatic N) is 5. The topological polar surface area (TPSA) is 116 Å². The van der Waals surface area contributed by atoms with E-state index in [0.29, 0.717) is 35.4 Å². The summed E-state index contributed by atoms with van der Waals surface area (Å²) in [6.07, 6.45) is 8.89. The number of halogens is 1. The van der Waals surface area contributed by atoms with Gasteiger partial charge in [-0.25, -0.2) is 14.6 Å². The molecule has 3 N–H and O–H groups in total. The lowest BCUT2D eigenvalue weighted by atomic mass is 9.77. The summed E-state index contributed by atoms with van der Waals surface area (Å²) in [5, 5.41) is 6.69. The molecular formula is C33H37FN7O3+. The van der Waals surface area contributed by atoms with Crippen LogP contribution in [0.25, 0.3) is 44.5 Å². The second-order valence-corrected chi connectivity index (χ2v) is 13.2. The Labute approximate surface area is 253 Å². The smallest absolute Gasteiger partial charge is 0.329 e. The van der Waals surface area contributed by atoms with Gasteiger partial charge in [0, 0.05) is 51.3 Å². The molecule has 44 heavy (non-hydrogen) atoms. The van der Waals surface area contributed by atoms with E-state index in [1.165, 1.54) is 10.2 Å². The number of hydrogen-bond donors (Lipinski definition) is 2. The summed E-state index contributed by atoms with van der Waals surface area (Å²) >= 11 is 0. The van der Waals surface area contributed by atoms with Crippen molar-refractivity contribution in [3.05, 3.63) is 58.7 Å². The number of primary amides is 1. The van der Waals surface area contributed by atoms with Crippen molar-refractivity contribution >= 4 is 28.0 Å². The number of pyridine rings is 1. The van der Waals surface area contributed by atoms with Gasteiger partial charge in [0.15, 0.2) is 0 Å².